The summed E-state index contributed by atoms with van der Waals surface area (Å²) in [6.07, 6.45) is 0. The van der Waals surface area contributed by atoms with Crippen molar-refractivity contribution in [3.05, 3.63) is 54.1 Å². The average Bonchev–Trinajstić information content (AvgIpc) is 2.71. The molecule has 2 N–H and O–H groups in total. The van der Waals surface area contributed by atoms with E-state index in [9.17, 15) is 9.90 Å². The third-order valence-electron chi connectivity index (χ3n) is 5.13. The Kier molecular flexibility index (Phi) is 6.52. The number of amides is 2. The first-order valence-electron chi connectivity index (χ1n) is 10.1. The molecule has 3 rings (SSSR count). The predicted molar refractivity (Wildman–Crippen MR) is 116 cm³/mol. The first kappa shape index (κ1) is 20.8. The van der Waals surface area contributed by atoms with E-state index in [4.69, 9.17) is 4.74 Å². The smallest absolute Gasteiger partial charge is 0.317 e. The number of ether oxygens (including phenoxy) is 1. The summed E-state index contributed by atoms with van der Waals surface area (Å²) in [7, 11) is 0. The number of nitrogens with one attached hydrogen (secondary N) is 1. The molecule has 156 valence electrons. The minimum absolute atomic E-state index is 0.0627. The van der Waals surface area contributed by atoms with Crippen LogP contribution >= 0.6 is 0 Å². The monoisotopic (exact) mass is 397 g/mol. The predicted octanol–water partition coefficient (Wildman–Crippen LogP) is 3.60. The molecular weight excluding hydrogens is 366 g/mol. The number of piperazine rings is 1. The van der Waals surface area contributed by atoms with Gasteiger partial charge in [0.15, 0.2) is 0 Å². The van der Waals surface area contributed by atoms with E-state index in [1.807, 2.05) is 29.2 Å². The molecule has 0 unspecified atom stereocenters. The maximum absolute atomic E-state index is 12.4. The van der Waals surface area contributed by atoms with E-state index in [-0.39, 0.29) is 17.2 Å². The minimum atomic E-state index is -0.0627. The van der Waals surface area contributed by atoms with Gasteiger partial charge in [-0.15, -0.1) is 0 Å². The van der Waals surface area contributed by atoms with Gasteiger partial charge in [-0.2, -0.15) is 0 Å². The number of anilines is 1. The van der Waals surface area contributed by atoms with Crippen LogP contribution in [0, 0.1) is 0 Å². The van der Waals surface area contributed by atoms with Gasteiger partial charge in [-0.05, 0) is 35.2 Å². The highest BCUT2D eigenvalue weighted by atomic mass is 16.5. The maximum Gasteiger partial charge on any atom is 0.317 e. The van der Waals surface area contributed by atoms with E-state index in [0.717, 1.165) is 24.5 Å². The van der Waals surface area contributed by atoms with Crippen molar-refractivity contribution in [1.82, 2.24) is 10.2 Å². The van der Waals surface area contributed by atoms with Crippen molar-refractivity contribution < 1.29 is 14.6 Å². The molecule has 0 aliphatic carbocycles. The number of urea groups is 1. The van der Waals surface area contributed by atoms with Crippen LogP contribution in [-0.4, -0.2) is 55.4 Å². The van der Waals surface area contributed by atoms with Crippen molar-refractivity contribution >= 4 is 11.7 Å². The second-order valence-electron chi connectivity index (χ2n) is 8.35. The lowest BCUT2D eigenvalue weighted by atomic mass is 9.87. The van der Waals surface area contributed by atoms with Crippen LogP contribution in [0.25, 0.3) is 0 Å². The molecule has 1 aliphatic heterocycles. The number of nitrogens with zero attached hydrogens (tertiary/aromatic N) is 2. The van der Waals surface area contributed by atoms with Crippen molar-refractivity contribution in [1.29, 1.82) is 0 Å². The van der Waals surface area contributed by atoms with Gasteiger partial charge < -0.3 is 25.0 Å². The zero-order valence-corrected chi connectivity index (χ0v) is 17.5. The van der Waals surface area contributed by atoms with E-state index in [1.54, 1.807) is 12.1 Å². The van der Waals surface area contributed by atoms with Gasteiger partial charge >= 0.3 is 6.03 Å². The van der Waals surface area contributed by atoms with Gasteiger partial charge in [0.2, 0.25) is 0 Å². The molecule has 0 radical (unpaired) electrons. The number of hydrogen-bond donors (Lipinski definition) is 2. The third-order valence-corrected chi connectivity index (χ3v) is 5.13. The Hall–Kier alpha value is -2.89. The van der Waals surface area contributed by atoms with Crippen LogP contribution in [0.4, 0.5) is 10.5 Å². The van der Waals surface area contributed by atoms with Crippen molar-refractivity contribution in [2.24, 2.45) is 0 Å². The van der Waals surface area contributed by atoms with Gasteiger partial charge in [-0.1, -0.05) is 39.0 Å². The van der Waals surface area contributed by atoms with E-state index in [2.05, 4.69) is 43.1 Å². The average molecular weight is 398 g/mol. The zero-order chi connectivity index (χ0) is 20.9. The Morgan fingerprint density at radius 3 is 2.38 bits per heavy atom. The number of benzene rings is 2. The van der Waals surface area contributed by atoms with Crippen LogP contribution < -0.4 is 15.0 Å². The third kappa shape index (κ3) is 5.79. The lowest BCUT2D eigenvalue weighted by molar-refractivity contribution is 0.191. The summed E-state index contributed by atoms with van der Waals surface area (Å²) in [5.41, 5.74) is 2.37. The molecule has 0 saturated carbocycles. The van der Waals surface area contributed by atoms with E-state index >= 15 is 0 Å². The van der Waals surface area contributed by atoms with E-state index in [0.29, 0.717) is 26.2 Å². The quantitative estimate of drug-likeness (QED) is 0.757. The van der Waals surface area contributed by atoms with Gasteiger partial charge in [-0.25, -0.2) is 4.79 Å². The van der Waals surface area contributed by atoms with Crippen LogP contribution in [0.15, 0.2) is 48.5 Å². The molecule has 29 heavy (non-hydrogen) atoms. The summed E-state index contributed by atoms with van der Waals surface area (Å²) in [4.78, 5) is 16.4. The van der Waals surface area contributed by atoms with Crippen LogP contribution in [0.1, 0.15) is 26.3 Å². The molecule has 6 nitrogen and oxygen atoms in total. The zero-order valence-electron chi connectivity index (χ0n) is 17.5. The highest BCUT2D eigenvalue weighted by Crippen LogP contribution is 2.24. The van der Waals surface area contributed by atoms with Crippen molar-refractivity contribution in [3.8, 4) is 11.5 Å². The molecule has 1 saturated heterocycles. The standard InChI is InChI=1S/C23H31N3O3/c1-23(2,3)18-7-9-21(10-8-18)29-16-11-24-22(28)26-14-12-25(13-15-26)19-5-4-6-20(27)17-19/h4-10,17,27H,11-16H2,1-3H3,(H,24,28). The first-order chi connectivity index (χ1) is 13.8. The van der Waals surface area contributed by atoms with Crippen molar-refractivity contribution in [2.45, 2.75) is 26.2 Å². The summed E-state index contributed by atoms with van der Waals surface area (Å²) < 4.78 is 5.73. The molecule has 2 amide bonds. The summed E-state index contributed by atoms with van der Waals surface area (Å²) in [6.45, 7) is 10.2. The highest BCUT2D eigenvalue weighted by Gasteiger charge is 2.21. The van der Waals surface area contributed by atoms with E-state index < -0.39 is 0 Å². The van der Waals surface area contributed by atoms with E-state index in [1.165, 1.54) is 5.56 Å². The second-order valence-corrected chi connectivity index (χ2v) is 8.35. The topological polar surface area (TPSA) is 65.0 Å². The molecule has 0 aromatic heterocycles. The highest BCUT2D eigenvalue weighted by molar-refractivity contribution is 5.74. The molecule has 0 spiro atoms. The Labute approximate surface area is 173 Å². The van der Waals surface area contributed by atoms with Gasteiger partial charge in [0.05, 0.1) is 6.54 Å². The van der Waals surface area contributed by atoms with Crippen LogP contribution in [0.5, 0.6) is 11.5 Å². The molecule has 1 fully saturated rings. The summed E-state index contributed by atoms with van der Waals surface area (Å²) in [5.74, 6) is 1.07. The largest absolute Gasteiger partial charge is 0.508 e. The van der Waals surface area contributed by atoms with Crippen LogP contribution in [0.2, 0.25) is 0 Å². The minimum Gasteiger partial charge on any atom is -0.508 e. The maximum atomic E-state index is 12.4. The second kappa shape index (κ2) is 9.07. The summed E-state index contributed by atoms with van der Waals surface area (Å²) in [6, 6.07) is 15.3. The number of rotatable bonds is 5. The van der Waals surface area contributed by atoms with Gasteiger partial charge in [0.1, 0.15) is 18.1 Å². The summed E-state index contributed by atoms with van der Waals surface area (Å²) in [5, 5.41) is 12.5. The Balaban J connectivity index is 1.37. The SMILES string of the molecule is CC(C)(C)c1ccc(OCCNC(=O)N2CCN(c3cccc(O)c3)CC2)cc1. The lowest BCUT2D eigenvalue weighted by Crippen LogP contribution is -2.52. The molecule has 0 bridgehead atoms. The molecule has 0 atom stereocenters. The fraction of sp³-hybridized carbons (Fsp3) is 0.435. The Morgan fingerprint density at radius 2 is 1.76 bits per heavy atom. The normalized spacial score (nSPS) is 14.6. The molecule has 1 heterocycles. The fourth-order valence-corrected chi connectivity index (χ4v) is 3.35. The number of hydrogen-bond acceptors (Lipinski definition) is 4. The number of carbonyl (C=O) groups is 1. The van der Waals surface area contributed by atoms with Crippen molar-refractivity contribution in [2.75, 3.05) is 44.2 Å². The molecule has 2 aromatic rings. The molecule has 6 heteroatoms. The molecule has 1 aliphatic rings. The molecular formula is C23H31N3O3. The van der Waals surface area contributed by atoms with Crippen molar-refractivity contribution in [3.63, 3.8) is 0 Å². The number of aromatic hydroxyl groups is 1. The number of carbonyl (C=O) groups excluding carboxylic acids is 1. The van der Waals surface area contributed by atoms with Crippen LogP contribution in [-0.2, 0) is 5.41 Å². The van der Waals surface area contributed by atoms with Gasteiger partial charge in [-0.3, -0.25) is 0 Å². The first-order valence-corrected chi connectivity index (χ1v) is 10.1. The molecule has 2 aromatic carbocycles. The fourth-order valence-electron chi connectivity index (χ4n) is 3.35. The van der Waals surface area contributed by atoms with Gasteiger partial charge in [0, 0.05) is 37.9 Å². The lowest BCUT2D eigenvalue weighted by Gasteiger charge is -2.36. The number of phenolic OH excluding ortho intramolecular Hbond substituents is 1. The van der Waals surface area contributed by atoms with Crippen LogP contribution in [0.3, 0.4) is 0 Å². The summed E-state index contributed by atoms with van der Waals surface area (Å²) >= 11 is 0. The van der Waals surface area contributed by atoms with Gasteiger partial charge in [0.25, 0.3) is 0 Å². The number of phenols is 1. The Bertz CT molecular complexity index is 807. The Morgan fingerprint density at radius 1 is 1.07 bits per heavy atom.